The third kappa shape index (κ3) is 5.02. The van der Waals surface area contributed by atoms with Crippen molar-refractivity contribution in [3.63, 3.8) is 0 Å². The molecule has 0 aromatic heterocycles. The number of carbonyl (C=O) groups excluding carboxylic acids is 2. The Balaban J connectivity index is 1.32. The van der Waals surface area contributed by atoms with Gasteiger partial charge in [-0.1, -0.05) is 79.8 Å². The second-order valence-electron chi connectivity index (χ2n) is 14.1. The van der Waals surface area contributed by atoms with Gasteiger partial charge >= 0.3 is 0 Å². The zero-order valence-electron chi connectivity index (χ0n) is 29.1. The highest BCUT2D eigenvalue weighted by molar-refractivity contribution is 6.91. The molecule has 4 atom stereocenters. The molecule has 1 spiro atoms. The van der Waals surface area contributed by atoms with Gasteiger partial charge in [0.25, 0.3) is 11.8 Å². The summed E-state index contributed by atoms with van der Waals surface area (Å²) in [6, 6.07) is 38.3. The first-order chi connectivity index (χ1) is 24.7. The first kappa shape index (κ1) is 33.0. The number of fused-ring (bicyclic) bond motifs is 4. The lowest BCUT2D eigenvalue weighted by atomic mass is 9.82. The van der Waals surface area contributed by atoms with Gasteiger partial charge in [0.1, 0.15) is 11.5 Å². The normalized spacial score (nSPS) is 22.3. The smallest absolute Gasteiger partial charge is 0.268 e. The van der Waals surface area contributed by atoms with Crippen LogP contribution >= 0.6 is 0 Å². The van der Waals surface area contributed by atoms with Crippen molar-refractivity contribution in [3.8, 4) is 17.2 Å². The summed E-state index contributed by atoms with van der Waals surface area (Å²) in [5.41, 5.74) is 2.37. The number of hydrogen-bond acceptors (Lipinski definition) is 6. The molecule has 8 rings (SSSR count). The Morgan fingerprint density at radius 3 is 2.20 bits per heavy atom. The Bertz CT molecular complexity index is 2140. The lowest BCUT2D eigenvalue weighted by Gasteiger charge is -2.37. The van der Waals surface area contributed by atoms with Crippen LogP contribution in [-0.4, -0.2) is 44.8 Å². The van der Waals surface area contributed by atoms with Crippen LogP contribution in [0, 0.1) is 5.92 Å². The van der Waals surface area contributed by atoms with Gasteiger partial charge in [-0.25, -0.2) is 0 Å². The number of carbonyl (C=O) groups is 2. The molecule has 0 bridgehead atoms. The van der Waals surface area contributed by atoms with Crippen molar-refractivity contribution >= 4 is 47.8 Å². The van der Waals surface area contributed by atoms with E-state index in [0.29, 0.717) is 46.1 Å². The van der Waals surface area contributed by atoms with Crippen LogP contribution in [0.5, 0.6) is 17.2 Å². The molecule has 1 N–H and O–H groups in total. The predicted octanol–water partition coefficient (Wildman–Crippen LogP) is 8.06. The molecule has 8 nitrogen and oxygen atoms in total. The summed E-state index contributed by atoms with van der Waals surface area (Å²) in [6.07, 6.45) is 0.00841. The second kappa shape index (κ2) is 12.5. The number of anilines is 4. The number of para-hydroxylation sites is 4. The summed E-state index contributed by atoms with van der Waals surface area (Å²) >= 11 is 0. The maximum Gasteiger partial charge on any atom is 0.268 e. The molecular formula is C42H40N2O6Si. The van der Waals surface area contributed by atoms with Crippen molar-refractivity contribution in [3.05, 3.63) is 132 Å². The molecule has 0 aliphatic carbocycles. The van der Waals surface area contributed by atoms with Crippen LogP contribution in [-0.2, 0) is 15.1 Å². The van der Waals surface area contributed by atoms with E-state index < -0.39 is 13.7 Å². The van der Waals surface area contributed by atoms with E-state index in [1.807, 2.05) is 97.1 Å². The number of aliphatic hydroxyl groups is 1. The Kier molecular flexibility index (Phi) is 8.09. The first-order valence-electron chi connectivity index (χ1n) is 17.4. The van der Waals surface area contributed by atoms with Gasteiger partial charge in [-0.3, -0.25) is 19.4 Å². The van der Waals surface area contributed by atoms with Gasteiger partial charge in [0.15, 0.2) is 11.4 Å². The highest BCUT2D eigenvalue weighted by atomic mass is 28.3. The molecule has 0 radical (unpaired) electrons. The van der Waals surface area contributed by atoms with Crippen LogP contribution in [0.4, 0.5) is 22.7 Å². The van der Waals surface area contributed by atoms with Gasteiger partial charge in [-0.2, -0.15) is 0 Å². The minimum absolute atomic E-state index is 0.0324. The zero-order chi connectivity index (χ0) is 35.5. The summed E-state index contributed by atoms with van der Waals surface area (Å²) in [7, 11) is -0.728. The van der Waals surface area contributed by atoms with E-state index in [-0.39, 0.29) is 36.0 Å². The lowest BCUT2D eigenvalue weighted by molar-refractivity contribution is -0.145. The van der Waals surface area contributed by atoms with Crippen LogP contribution < -0.4 is 24.5 Å². The highest BCUT2D eigenvalue weighted by Crippen LogP contribution is 2.61. The Morgan fingerprint density at radius 2 is 1.47 bits per heavy atom. The van der Waals surface area contributed by atoms with Crippen molar-refractivity contribution in [1.29, 1.82) is 0 Å². The minimum atomic E-state index is -2.39. The molecule has 0 saturated carbocycles. The maximum atomic E-state index is 15.2. The van der Waals surface area contributed by atoms with Crippen molar-refractivity contribution < 1.29 is 28.9 Å². The molecule has 3 heterocycles. The Morgan fingerprint density at radius 1 is 0.784 bits per heavy atom. The molecule has 3 aliphatic heterocycles. The SMILES string of the molecule is COc1ccc([Si](C)(C)[C@@H]2[C@@H](CCO)O[C@]3(C(=O)N(c4ccccc4)c4ccc(N5C(=O)c6ccccc6Oc6ccccc65)cc43)[C@H]2C)cc1. The molecule has 2 amide bonds. The van der Waals surface area contributed by atoms with E-state index in [2.05, 4.69) is 32.2 Å². The monoisotopic (exact) mass is 696 g/mol. The van der Waals surface area contributed by atoms with Gasteiger partial charge in [0, 0.05) is 29.5 Å². The topological polar surface area (TPSA) is 88.5 Å². The van der Waals surface area contributed by atoms with Crippen molar-refractivity contribution in [2.75, 3.05) is 23.5 Å². The number of hydrogen-bond donors (Lipinski definition) is 1. The summed E-state index contributed by atoms with van der Waals surface area (Å²) in [6.45, 7) is 6.69. The lowest BCUT2D eigenvalue weighted by Crippen LogP contribution is -2.51. The minimum Gasteiger partial charge on any atom is -0.497 e. The quantitative estimate of drug-likeness (QED) is 0.173. The van der Waals surface area contributed by atoms with Crippen LogP contribution in [0.25, 0.3) is 0 Å². The Hall–Kier alpha value is -5.22. The average molecular weight is 697 g/mol. The average Bonchev–Trinajstić information content (AvgIpc) is 3.53. The summed E-state index contributed by atoms with van der Waals surface area (Å²) in [4.78, 5) is 33.1. The molecule has 51 heavy (non-hydrogen) atoms. The highest BCUT2D eigenvalue weighted by Gasteiger charge is 2.66. The van der Waals surface area contributed by atoms with Gasteiger partial charge < -0.3 is 19.3 Å². The number of benzene rings is 5. The fourth-order valence-electron chi connectivity index (χ4n) is 8.66. The molecule has 5 aromatic carbocycles. The first-order valence-corrected chi connectivity index (χ1v) is 20.5. The van der Waals surface area contributed by atoms with Crippen LogP contribution in [0.1, 0.15) is 29.3 Å². The summed E-state index contributed by atoms with van der Waals surface area (Å²) < 4.78 is 18.9. The summed E-state index contributed by atoms with van der Waals surface area (Å²) in [5, 5.41) is 11.6. The fraction of sp³-hybridized carbons (Fsp3) is 0.238. The molecule has 1 fully saturated rings. The van der Waals surface area contributed by atoms with Gasteiger partial charge in [-0.05, 0) is 78.7 Å². The van der Waals surface area contributed by atoms with Gasteiger partial charge in [-0.15, -0.1) is 0 Å². The van der Waals surface area contributed by atoms with Crippen molar-refractivity contribution in [1.82, 2.24) is 0 Å². The molecule has 258 valence electrons. The molecule has 1 saturated heterocycles. The van der Waals surface area contributed by atoms with Crippen LogP contribution in [0.15, 0.2) is 121 Å². The van der Waals surface area contributed by atoms with E-state index in [4.69, 9.17) is 14.2 Å². The predicted molar refractivity (Wildman–Crippen MR) is 201 cm³/mol. The van der Waals surface area contributed by atoms with Crippen LogP contribution in [0.2, 0.25) is 18.6 Å². The number of methoxy groups -OCH3 is 1. The maximum absolute atomic E-state index is 15.2. The second-order valence-corrected chi connectivity index (χ2v) is 18.7. The van der Waals surface area contributed by atoms with E-state index in [9.17, 15) is 9.90 Å². The summed E-state index contributed by atoms with van der Waals surface area (Å²) in [5.74, 6) is 1.13. The van der Waals surface area contributed by atoms with Crippen molar-refractivity contribution in [2.45, 2.75) is 43.7 Å². The Labute approximate surface area is 298 Å². The van der Waals surface area contributed by atoms with E-state index in [1.165, 1.54) is 5.19 Å². The molecule has 3 aliphatic rings. The molecule has 9 heteroatoms. The number of ether oxygens (including phenoxy) is 3. The molecular weight excluding hydrogens is 657 g/mol. The number of amides is 2. The standard InChI is InChI=1S/C42H40N2O6Si/c1-27-39(51(3,4)31-21-19-30(48-2)20-22-31)38(24-25-45)50-42(27)33-26-29(18-23-34(33)44(41(42)47)28-12-6-5-7-13-28)43-35-15-9-11-17-37(35)49-36-16-10-8-14-32(36)40(43)46/h5-23,26-27,38-39,45H,24-25H2,1-4H3/t27-,38+,39-,42+/m0/s1. The number of aliphatic hydroxyl groups excluding tert-OH is 1. The van der Waals surface area contributed by atoms with Gasteiger partial charge in [0.2, 0.25) is 0 Å². The third-order valence-corrected chi connectivity index (χ3v) is 15.4. The molecule has 0 unspecified atom stereocenters. The van der Waals surface area contributed by atoms with Crippen LogP contribution in [0.3, 0.4) is 0 Å². The molecule has 5 aromatic rings. The number of nitrogens with zero attached hydrogens (tertiary/aromatic N) is 2. The fourth-order valence-corrected chi connectivity index (χ4v) is 12.7. The van der Waals surface area contributed by atoms with Crippen molar-refractivity contribution in [2.24, 2.45) is 5.92 Å². The number of rotatable bonds is 7. The van der Waals surface area contributed by atoms with Gasteiger partial charge in [0.05, 0.1) is 38.2 Å². The van der Waals surface area contributed by atoms with E-state index in [1.54, 1.807) is 29.0 Å². The van der Waals surface area contributed by atoms with E-state index >= 15 is 4.79 Å². The van der Waals surface area contributed by atoms with E-state index in [0.717, 1.165) is 11.4 Å². The zero-order valence-corrected chi connectivity index (χ0v) is 30.1. The largest absolute Gasteiger partial charge is 0.497 e. The third-order valence-electron chi connectivity index (χ3n) is 11.1.